The molecule has 2 nitrogen and oxygen atoms in total. The van der Waals surface area contributed by atoms with Crippen molar-refractivity contribution in [2.24, 2.45) is 0 Å². The van der Waals surface area contributed by atoms with Crippen LogP contribution in [0.1, 0.15) is 49.9 Å². The molecule has 262 valence electrons. The van der Waals surface area contributed by atoms with Crippen molar-refractivity contribution < 1.29 is 0 Å². The molecule has 0 saturated heterocycles. The summed E-state index contributed by atoms with van der Waals surface area (Å²) in [5, 5.41) is 8.10. The molecule has 8 aromatic carbocycles. The second-order valence-corrected chi connectivity index (χ2v) is 16.5. The van der Waals surface area contributed by atoms with Crippen LogP contribution in [0.4, 0.5) is 0 Å². The Hall–Kier alpha value is -6.51. The highest BCUT2D eigenvalue weighted by molar-refractivity contribution is 6.26. The molecule has 0 atom stereocenters. The van der Waals surface area contributed by atoms with Gasteiger partial charge in [0.15, 0.2) is 0 Å². The third kappa shape index (κ3) is 4.23. The summed E-state index contributed by atoms with van der Waals surface area (Å²) < 4.78 is 2.17. The van der Waals surface area contributed by atoms with E-state index in [2.05, 4.69) is 161 Å². The number of hydrogen-bond donors (Lipinski definition) is 0. The molecule has 2 aliphatic rings. The Morgan fingerprint density at radius 3 is 2.00 bits per heavy atom. The maximum Gasteiger partial charge on any atom is 0.145 e. The molecule has 9 aromatic rings. The average molecular weight is 705 g/mol. The number of rotatable bonds is 5. The second kappa shape index (κ2) is 11.0. The summed E-state index contributed by atoms with van der Waals surface area (Å²) >= 11 is 0. The second-order valence-electron chi connectivity index (χ2n) is 16.5. The van der Waals surface area contributed by atoms with Crippen LogP contribution in [-0.2, 0) is 10.8 Å². The zero-order chi connectivity index (χ0) is 37.4. The Balaban J connectivity index is 1.02. The molecule has 0 unspecified atom stereocenters. The van der Waals surface area contributed by atoms with Crippen molar-refractivity contribution in [1.82, 2.24) is 9.55 Å². The summed E-state index contributed by atoms with van der Waals surface area (Å²) in [5.74, 6) is 0.884. The van der Waals surface area contributed by atoms with Gasteiger partial charge in [0.25, 0.3) is 0 Å². The lowest BCUT2D eigenvalue weighted by Gasteiger charge is -2.24. The first kappa shape index (κ1) is 32.0. The van der Waals surface area contributed by atoms with Crippen molar-refractivity contribution in [3.63, 3.8) is 0 Å². The summed E-state index contributed by atoms with van der Waals surface area (Å²) in [6.07, 6.45) is 5.63. The minimum atomic E-state index is -0.157. The highest BCUT2D eigenvalue weighted by Crippen LogP contribution is 2.58. The topological polar surface area (TPSA) is 17.8 Å². The summed E-state index contributed by atoms with van der Waals surface area (Å²) in [4.78, 5) is 5.05. The zero-order valence-corrected chi connectivity index (χ0v) is 31.7. The lowest BCUT2D eigenvalue weighted by Crippen LogP contribution is -2.17. The molecule has 0 amide bonds. The van der Waals surface area contributed by atoms with Gasteiger partial charge in [0, 0.05) is 22.1 Å². The molecule has 2 heteroatoms. The summed E-state index contributed by atoms with van der Waals surface area (Å²) in [5.41, 5.74) is 17.3. The van der Waals surface area contributed by atoms with Crippen molar-refractivity contribution >= 4 is 49.0 Å². The van der Waals surface area contributed by atoms with Gasteiger partial charge in [-0.2, -0.15) is 0 Å². The smallest absolute Gasteiger partial charge is 0.145 e. The number of allylic oxidation sites excluding steroid dienone is 4. The predicted molar refractivity (Wildman–Crippen MR) is 234 cm³/mol. The molecule has 0 aliphatic heterocycles. The molecular formula is C53H40N2. The van der Waals surface area contributed by atoms with Gasteiger partial charge < -0.3 is 0 Å². The van der Waals surface area contributed by atoms with E-state index in [4.69, 9.17) is 4.98 Å². The van der Waals surface area contributed by atoms with Gasteiger partial charge in [0.2, 0.25) is 0 Å². The first-order valence-electron chi connectivity index (χ1n) is 19.3. The van der Waals surface area contributed by atoms with Crippen LogP contribution in [0.15, 0.2) is 159 Å². The van der Waals surface area contributed by atoms with Crippen LogP contribution < -0.4 is 0 Å². The van der Waals surface area contributed by atoms with Crippen molar-refractivity contribution in [3.8, 4) is 44.8 Å². The van der Waals surface area contributed by atoms with E-state index >= 15 is 0 Å². The van der Waals surface area contributed by atoms with E-state index in [1.807, 2.05) is 24.3 Å². The zero-order valence-electron chi connectivity index (χ0n) is 31.7. The van der Waals surface area contributed by atoms with Crippen molar-refractivity contribution in [3.05, 3.63) is 181 Å². The molecule has 1 heterocycles. The van der Waals surface area contributed by atoms with E-state index < -0.39 is 0 Å². The Kier molecular flexibility index (Phi) is 6.41. The first-order chi connectivity index (χ1) is 26.7. The number of imidazole rings is 1. The van der Waals surface area contributed by atoms with Gasteiger partial charge in [-0.3, -0.25) is 4.57 Å². The van der Waals surface area contributed by atoms with E-state index in [0.717, 1.165) is 28.1 Å². The van der Waals surface area contributed by atoms with E-state index in [9.17, 15) is 0 Å². The van der Waals surface area contributed by atoms with Crippen molar-refractivity contribution in [1.29, 1.82) is 0 Å². The van der Waals surface area contributed by atoms with Gasteiger partial charge in [0.1, 0.15) is 5.82 Å². The van der Waals surface area contributed by atoms with Gasteiger partial charge in [-0.15, -0.1) is 0 Å². The normalized spacial score (nSPS) is 15.1. The van der Waals surface area contributed by atoms with E-state index in [1.165, 1.54) is 88.0 Å². The molecule has 0 fully saturated rings. The minimum absolute atomic E-state index is 0.118. The fourth-order valence-corrected chi connectivity index (χ4v) is 10.1. The molecule has 0 N–H and O–H groups in total. The molecule has 0 bridgehead atoms. The highest BCUT2D eigenvalue weighted by Gasteiger charge is 2.42. The van der Waals surface area contributed by atoms with Gasteiger partial charge in [0.05, 0.1) is 11.0 Å². The number of benzene rings is 8. The molecule has 55 heavy (non-hydrogen) atoms. The van der Waals surface area contributed by atoms with Crippen LogP contribution in [0.3, 0.4) is 0 Å². The quantitative estimate of drug-likeness (QED) is 0.129. The number of hydrogen-bond acceptors (Lipinski definition) is 1. The molecule has 1 aromatic heterocycles. The van der Waals surface area contributed by atoms with Gasteiger partial charge in [-0.25, -0.2) is 4.98 Å². The Labute approximate surface area is 321 Å². The fourth-order valence-electron chi connectivity index (χ4n) is 10.1. The lowest BCUT2D eigenvalue weighted by atomic mass is 9.79. The van der Waals surface area contributed by atoms with Gasteiger partial charge in [-0.1, -0.05) is 138 Å². The fraction of sp³-hybridized carbons (Fsp3) is 0.113. The van der Waals surface area contributed by atoms with E-state index in [-0.39, 0.29) is 10.8 Å². The average Bonchev–Trinajstić information content (AvgIpc) is 3.78. The SMILES string of the molecule is C=C/C=C(\C=C)n1c(-c2ccc(-c3ccc4c(c3)C(C)(C)c3cc5c(cc3-4)C(C)(C)c3cc4ccc6cccc7ccc(c3-5)c4c67)cc2)nc2ccccc21. The first-order valence-corrected chi connectivity index (χ1v) is 19.3. The minimum Gasteiger partial charge on any atom is -0.292 e. The summed E-state index contributed by atoms with van der Waals surface area (Å²) in [7, 11) is 0. The Morgan fingerprint density at radius 2 is 1.22 bits per heavy atom. The van der Waals surface area contributed by atoms with E-state index in [1.54, 1.807) is 6.08 Å². The third-order valence-electron chi connectivity index (χ3n) is 12.9. The number of fused-ring (bicyclic) bond motifs is 8. The van der Waals surface area contributed by atoms with Crippen LogP contribution in [0, 0.1) is 0 Å². The number of para-hydroxylation sites is 2. The van der Waals surface area contributed by atoms with Crippen LogP contribution >= 0.6 is 0 Å². The monoisotopic (exact) mass is 704 g/mol. The van der Waals surface area contributed by atoms with Crippen LogP contribution in [-0.4, -0.2) is 9.55 Å². The molecule has 0 spiro atoms. The summed E-state index contributed by atoms with van der Waals surface area (Å²) in [6.45, 7) is 17.7. The van der Waals surface area contributed by atoms with Crippen molar-refractivity contribution in [2.45, 2.75) is 38.5 Å². The van der Waals surface area contributed by atoms with E-state index in [0.29, 0.717) is 0 Å². The largest absolute Gasteiger partial charge is 0.292 e. The highest BCUT2D eigenvalue weighted by atomic mass is 15.1. The van der Waals surface area contributed by atoms with Crippen LogP contribution in [0.25, 0.3) is 93.8 Å². The standard InChI is InChI=1S/C53H40N2/c1-7-12-37(8-2)55-47-16-10-9-15-46(47)54-51(55)34-20-17-31(18-21-34)35-24-25-38-40-29-44-41(30-43(40)52(3,4)42(38)27-35)50-39-26-23-33-14-11-13-32-19-22-36(49(39)48(32)33)28-45(50)53(44,5)6/h7-30H,1-2H2,3-6H3/b37-12+. The van der Waals surface area contributed by atoms with Crippen molar-refractivity contribution in [2.75, 3.05) is 0 Å². The number of aromatic nitrogens is 2. The van der Waals surface area contributed by atoms with Crippen LogP contribution in [0.5, 0.6) is 0 Å². The molecule has 0 radical (unpaired) electrons. The predicted octanol–water partition coefficient (Wildman–Crippen LogP) is 14.1. The molecule has 11 rings (SSSR count). The Morgan fingerprint density at radius 1 is 0.564 bits per heavy atom. The van der Waals surface area contributed by atoms with Gasteiger partial charge >= 0.3 is 0 Å². The van der Waals surface area contributed by atoms with Crippen LogP contribution in [0.2, 0.25) is 0 Å². The molecule has 2 aliphatic carbocycles. The lowest BCUT2D eigenvalue weighted by molar-refractivity contribution is 0.652. The van der Waals surface area contributed by atoms with Gasteiger partial charge in [-0.05, 0) is 137 Å². The molecular weight excluding hydrogens is 665 g/mol. The summed E-state index contributed by atoms with van der Waals surface area (Å²) in [6, 6.07) is 47.7. The Bertz CT molecular complexity index is 3150. The maximum absolute atomic E-state index is 5.05. The number of nitrogens with zero attached hydrogens (tertiary/aromatic N) is 2. The third-order valence-corrected chi connectivity index (χ3v) is 12.9. The molecule has 0 saturated carbocycles. The maximum atomic E-state index is 5.05.